The molecule has 132 valence electrons. The molecule has 1 heterocycles. The second kappa shape index (κ2) is 10.2. The van der Waals surface area contributed by atoms with Gasteiger partial charge < -0.3 is 20.8 Å². The molecule has 0 bridgehead atoms. The van der Waals surface area contributed by atoms with Gasteiger partial charge in [0.15, 0.2) is 5.76 Å². The van der Waals surface area contributed by atoms with Gasteiger partial charge in [0.1, 0.15) is 0 Å². The predicted octanol–water partition coefficient (Wildman–Crippen LogP) is -0.806. The normalized spacial score (nSPS) is 10.8. The minimum absolute atomic E-state index is 0. The molecule has 1 aromatic heterocycles. The first-order valence-corrected chi connectivity index (χ1v) is 8.22. The first-order chi connectivity index (χ1) is 10.4. The van der Waals surface area contributed by atoms with Crippen LogP contribution in [-0.4, -0.2) is 46.4 Å². The summed E-state index contributed by atoms with van der Waals surface area (Å²) in [6.45, 7) is 3.33. The van der Waals surface area contributed by atoms with Gasteiger partial charge in [0.05, 0.1) is 6.54 Å². The van der Waals surface area contributed by atoms with Gasteiger partial charge in [-0.25, -0.2) is 8.42 Å². The lowest BCUT2D eigenvalue weighted by molar-refractivity contribution is -0.116. The minimum atomic E-state index is -4.01. The number of carbonyl (C=O) groups excluding carboxylic acids is 2. The van der Waals surface area contributed by atoms with E-state index in [1.54, 1.807) is 0 Å². The van der Waals surface area contributed by atoms with Crippen molar-refractivity contribution in [3.63, 3.8) is 0 Å². The molecule has 0 fully saturated rings. The molecule has 0 unspecified atom stereocenters. The monoisotopic (exact) mass is 368 g/mol. The average molecular weight is 369 g/mol. The van der Waals surface area contributed by atoms with Crippen molar-refractivity contribution in [1.82, 2.24) is 15.4 Å². The number of furan rings is 1. The molecule has 9 nitrogen and oxygen atoms in total. The maximum absolute atomic E-state index is 11.8. The fraction of sp³-hybridized carbons (Fsp3) is 0.500. The molecule has 0 aromatic carbocycles. The standard InChI is InChI=1S/C12H20N4O5S.ClH/c1-2-5-14-6-7-15-12(18)9-3-4-11(21-9)22(19,20)16-8-10(13)17;/h3-4,14,16H,2,5-8H2,1H3,(H2,13,17)(H,15,18);1H. The number of nitrogens with one attached hydrogen (secondary N) is 3. The van der Waals surface area contributed by atoms with Crippen LogP contribution in [0.5, 0.6) is 0 Å². The molecule has 11 heteroatoms. The Morgan fingerprint density at radius 3 is 2.52 bits per heavy atom. The first-order valence-electron chi connectivity index (χ1n) is 6.73. The fourth-order valence-corrected chi connectivity index (χ4v) is 2.40. The number of sulfonamides is 1. The van der Waals surface area contributed by atoms with Crippen LogP contribution in [0.15, 0.2) is 21.6 Å². The summed E-state index contributed by atoms with van der Waals surface area (Å²) in [6.07, 6.45) is 0.992. The van der Waals surface area contributed by atoms with Crippen LogP contribution in [0.25, 0.3) is 0 Å². The molecule has 0 radical (unpaired) electrons. The average Bonchev–Trinajstić information content (AvgIpc) is 2.95. The Balaban J connectivity index is 0.00000484. The highest BCUT2D eigenvalue weighted by Gasteiger charge is 2.21. The van der Waals surface area contributed by atoms with Crippen LogP contribution in [0.4, 0.5) is 0 Å². The molecule has 0 aliphatic rings. The third kappa shape index (κ3) is 7.46. The SMILES string of the molecule is CCCNCCNC(=O)c1ccc(S(=O)(=O)NCC(N)=O)o1.Cl. The van der Waals surface area contributed by atoms with E-state index in [2.05, 4.69) is 10.6 Å². The quantitative estimate of drug-likeness (QED) is 0.398. The van der Waals surface area contributed by atoms with Crippen LogP contribution >= 0.6 is 12.4 Å². The van der Waals surface area contributed by atoms with E-state index in [9.17, 15) is 18.0 Å². The lowest BCUT2D eigenvalue weighted by atomic mass is 10.4. The van der Waals surface area contributed by atoms with Crippen molar-refractivity contribution < 1.29 is 22.4 Å². The zero-order chi connectivity index (χ0) is 16.6. The van der Waals surface area contributed by atoms with Gasteiger partial charge in [0.2, 0.25) is 11.0 Å². The van der Waals surface area contributed by atoms with Gasteiger partial charge in [-0.3, -0.25) is 9.59 Å². The molecular weight excluding hydrogens is 348 g/mol. The van der Waals surface area contributed by atoms with E-state index in [4.69, 9.17) is 10.2 Å². The van der Waals surface area contributed by atoms with E-state index >= 15 is 0 Å². The minimum Gasteiger partial charge on any atom is -0.438 e. The van der Waals surface area contributed by atoms with E-state index in [1.165, 1.54) is 6.07 Å². The summed E-state index contributed by atoms with van der Waals surface area (Å²) in [4.78, 5) is 22.3. The number of primary amides is 1. The number of amides is 2. The molecule has 1 rings (SSSR count). The fourth-order valence-electron chi connectivity index (χ4n) is 1.48. The molecule has 1 aromatic rings. The second-order valence-corrected chi connectivity index (χ2v) is 6.11. The Labute approximate surface area is 140 Å². The van der Waals surface area contributed by atoms with Crippen molar-refractivity contribution in [3.8, 4) is 0 Å². The van der Waals surface area contributed by atoms with E-state index in [-0.39, 0.29) is 18.2 Å². The van der Waals surface area contributed by atoms with E-state index in [0.29, 0.717) is 13.1 Å². The zero-order valence-corrected chi connectivity index (χ0v) is 14.3. The third-order valence-corrected chi connectivity index (χ3v) is 3.79. The van der Waals surface area contributed by atoms with Crippen LogP contribution in [0.3, 0.4) is 0 Å². The number of halogens is 1. The van der Waals surface area contributed by atoms with Gasteiger partial charge in [-0.2, -0.15) is 4.72 Å². The highest BCUT2D eigenvalue weighted by Crippen LogP contribution is 2.13. The van der Waals surface area contributed by atoms with Gasteiger partial charge in [-0.15, -0.1) is 12.4 Å². The summed E-state index contributed by atoms with van der Waals surface area (Å²) in [5, 5.41) is 5.24. The van der Waals surface area contributed by atoms with Crippen molar-refractivity contribution >= 4 is 34.2 Å². The van der Waals surface area contributed by atoms with Crippen molar-refractivity contribution in [2.45, 2.75) is 18.4 Å². The summed E-state index contributed by atoms with van der Waals surface area (Å²) >= 11 is 0. The Kier molecular flexibility index (Phi) is 9.49. The highest BCUT2D eigenvalue weighted by atomic mass is 35.5. The predicted molar refractivity (Wildman–Crippen MR) is 85.8 cm³/mol. The molecule has 0 aliphatic carbocycles. The number of hydrogen-bond donors (Lipinski definition) is 4. The first kappa shape index (κ1) is 21.4. The van der Waals surface area contributed by atoms with Gasteiger partial charge in [0.25, 0.3) is 15.9 Å². The van der Waals surface area contributed by atoms with E-state index in [1.807, 2.05) is 11.6 Å². The number of hydrogen-bond acceptors (Lipinski definition) is 6. The molecule has 0 atom stereocenters. The van der Waals surface area contributed by atoms with Crippen LogP contribution in [0, 0.1) is 0 Å². The van der Waals surface area contributed by atoms with Gasteiger partial charge in [-0.05, 0) is 25.1 Å². The topological polar surface area (TPSA) is 144 Å². The molecule has 5 N–H and O–H groups in total. The second-order valence-electron chi connectivity index (χ2n) is 4.42. The summed E-state index contributed by atoms with van der Waals surface area (Å²) < 4.78 is 30.4. The maximum Gasteiger partial charge on any atom is 0.287 e. The Morgan fingerprint density at radius 2 is 1.91 bits per heavy atom. The smallest absolute Gasteiger partial charge is 0.287 e. The maximum atomic E-state index is 11.8. The number of carbonyl (C=O) groups is 2. The summed E-state index contributed by atoms with van der Waals surface area (Å²) in [6, 6.07) is 2.38. The molecule has 0 saturated heterocycles. The largest absolute Gasteiger partial charge is 0.438 e. The lowest BCUT2D eigenvalue weighted by Crippen LogP contribution is -2.33. The summed E-state index contributed by atoms with van der Waals surface area (Å²) in [5.41, 5.74) is 4.85. The van der Waals surface area contributed by atoms with Crippen LogP contribution in [0.1, 0.15) is 23.9 Å². The molecule has 0 spiro atoms. The van der Waals surface area contributed by atoms with Crippen LogP contribution < -0.4 is 21.1 Å². The van der Waals surface area contributed by atoms with Crippen molar-refractivity contribution in [2.24, 2.45) is 5.73 Å². The molecule has 23 heavy (non-hydrogen) atoms. The summed E-state index contributed by atoms with van der Waals surface area (Å²) in [7, 11) is -4.01. The molecular formula is C12H21ClN4O5S. The molecule has 0 saturated carbocycles. The Bertz CT molecular complexity index is 617. The van der Waals surface area contributed by atoms with E-state index in [0.717, 1.165) is 19.0 Å². The van der Waals surface area contributed by atoms with Gasteiger partial charge in [0, 0.05) is 13.1 Å². The highest BCUT2D eigenvalue weighted by molar-refractivity contribution is 7.89. The van der Waals surface area contributed by atoms with Crippen molar-refractivity contribution in [2.75, 3.05) is 26.2 Å². The summed E-state index contributed by atoms with van der Waals surface area (Å²) in [5.74, 6) is -1.47. The Morgan fingerprint density at radius 1 is 1.22 bits per heavy atom. The van der Waals surface area contributed by atoms with Gasteiger partial charge >= 0.3 is 0 Å². The number of nitrogens with two attached hydrogens (primary N) is 1. The molecule has 0 aliphatic heterocycles. The Hall–Kier alpha value is -1.62. The van der Waals surface area contributed by atoms with Crippen molar-refractivity contribution in [3.05, 3.63) is 17.9 Å². The van der Waals surface area contributed by atoms with Gasteiger partial charge in [-0.1, -0.05) is 6.92 Å². The van der Waals surface area contributed by atoms with Crippen LogP contribution in [0.2, 0.25) is 0 Å². The molecule has 2 amide bonds. The zero-order valence-electron chi connectivity index (χ0n) is 12.6. The van der Waals surface area contributed by atoms with Crippen LogP contribution in [-0.2, 0) is 14.8 Å². The van der Waals surface area contributed by atoms with E-state index < -0.39 is 33.5 Å². The third-order valence-electron chi connectivity index (χ3n) is 2.52. The van der Waals surface area contributed by atoms with Crippen molar-refractivity contribution in [1.29, 1.82) is 0 Å². The number of rotatable bonds is 10. The lowest BCUT2D eigenvalue weighted by Gasteiger charge is -2.04.